The molecule has 0 aliphatic rings. The minimum Gasteiger partial charge on any atom is -0.490 e. The second kappa shape index (κ2) is 11.0. The summed E-state index contributed by atoms with van der Waals surface area (Å²) >= 11 is 0. The zero-order chi connectivity index (χ0) is 22.1. The summed E-state index contributed by atoms with van der Waals surface area (Å²) in [6.07, 6.45) is -0.806. The number of hydrogen-bond donors (Lipinski definition) is 2. The Bertz CT molecular complexity index is 1040. The Hall–Kier alpha value is -3.58. The van der Waals surface area contributed by atoms with Crippen molar-refractivity contribution in [1.29, 1.82) is 0 Å². The number of carbonyl (C=O) groups is 2. The Morgan fingerprint density at radius 3 is 2.45 bits per heavy atom. The molecule has 0 aliphatic carbocycles. The molecule has 3 rings (SSSR count). The van der Waals surface area contributed by atoms with Crippen LogP contribution in [0.25, 0.3) is 10.8 Å². The maximum Gasteiger partial charge on any atom is 0.279 e. The van der Waals surface area contributed by atoms with Crippen molar-refractivity contribution in [2.45, 2.75) is 20.0 Å². The van der Waals surface area contributed by atoms with Crippen molar-refractivity contribution in [3.05, 3.63) is 72.3 Å². The van der Waals surface area contributed by atoms with Gasteiger partial charge in [-0.25, -0.2) is 0 Å². The lowest BCUT2D eigenvalue weighted by Gasteiger charge is -2.16. The third-order valence-corrected chi connectivity index (χ3v) is 4.52. The zero-order valence-corrected chi connectivity index (χ0v) is 17.6. The molecule has 31 heavy (non-hydrogen) atoms. The van der Waals surface area contributed by atoms with E-state index < -0.39 is 17.9 Å². The summed E-state index contributed by atoms with van der Waals surface area (Å²) in [7, 11) is 0. The van der Waals surface area contributed by atoms with Gasteiger partial charge in [-0.1, -0.05) is 42.5 Å². The van der Waals surface area contributed by atoms with Gasteiger partial charge in [0.15, 0.2) is 6.10 Å². The maximum absolute atomic E-state index is 12.5. The summed E-state index contributed by atoms with van der Waals surface area (Å²) in [6.45, 7) is 4.85. The second-order valence-electron chi connectivity index (χ2n) is 6.75. The van der Waals surface area contributed by atoms with Gasteiger partial charge in [0.05, 0.1) is 12.2 Å². The van der Waals surface area contributed by atoms with E-state index >= 15 is 0 Å². The quantitative estimate of drug-likeness (QED) is 0.407. The molecule has 1 atom stereocenters. The van der Waals surface area contributed by atoms with Gasteiger partial charge in [0.25, 0.3) is 11.8 Å². The Labute approximate surface area is 181 Å². The van der Waals surface area contributed by atoms with Crippen LogP contribution >= 0.6 is 0 Å². The standard InChI is InChI=1S/C24H26N2O5/c1-3-29-14-15-30-22-11-7-6-10-21(22)24(28)26-25-23(27)17(2)31-20-13-12-18-8-4-5-9-19(18)16-20/h4-13,16-17H,3,14-15H2,1-2H3,(H,25,27)(H,26,28). The van der Waals surface area contributed by atoms with E-state index in [2.05, 4.69) is 10.9 Å². The van der Waals surface area contributed by atoms with E-state index in [-0.39, 0.29) is 0 Å². The van der Waals surface area contributed by atoms with Crippen LogP contribution in [0, 0.1) is 0 Å². The van der Waals surface area contributed by atoms with Crippen LogP contribution in [0.1, 0.15) is 24.2 Å². The summed E-state index contributed by atoms with van der Waals surface area (Å²) in [5.41, 5.74) is 5.11. The van der Waals surface area contributed by atoms with Crippen molar-refractivity contribution in [3.8, 4) is 11.5 Å². The molecule has 1 unspecified atom stereocenters. The summed E-state index contributed by atoms with van der Waals surface area (Å²) < 4.78 is 16.6. The number of rotatable bonds is 9. The van der Waals surface area contributed by atoms with Gasteiger partial charge in [0, 0.05) is 6.61 Å². The summed E-state index contributed by atoms with van der Waals surface area (Å²) in [5.74, 6) is 0.0182. The average molecular weight is 422 g/mol. The summed E-state index contributed by atoms with van der Waals surface area (Å²) in [5, 5.41) is 2.10. The first-order valence-electron chi connectivity index (χ1n) is 10.1. The third-order valence-electron chi connectivity index (χ3n) is 4.52. The molecule has 0 saturated carbocycles. The highest BCUT2D eigenvalue weighted by Crippen LogP contribution is 2.21. The summed E-state index contributed by atoms with van der Waals surface area (Å²) in [6, 6.07) is 20.3. The SMILES string of the molecule is CCOCCOc1ccccc1C(=O)NNC(=O)C(C)Oc1ccc2ccccc2c1. The molecule has 0 fully saturated rings. The van der Waals surface area contributed by atoms with Crippen molar-refractivity contribution < 1.29 is 23.8 Å². The molecule has 162 valence electrons. The number of fused-ring (bicyclic) bond motifs is 1. The normalized spacial score (nSPS) is 11.5. The Balaban J connectivity index is 1.54. The number of benzene rings is 3. The van der Waals surface area contributed by atoms with Crippen molar-refractivity contribution in [2.24, 2.45) is 0 Å². The van der Waals surface area contributed by atoms with Crippen molar-refractivity contribution in [3.63, 3.8) is 0 Å². The number of nitrogens with one attached hydrogen (secondary N) is 2. The predicted octanol–water partition coefficient (Wildman–Crippen LogP) is 3.48. The Kier molecular flexibility index (Phi) is 7.84. The molecule has 0 radical (unpaired) electrons. The molecule has 7 nitrogen and oxygen atoms in total. The number of carbonyl (C=O) groups excluding carboxylic acids is 2. The topological polar surface area (TPSA) is 85.9 Å². The Morgan fingerprint density at radius 2 is 1.65 bits per heavy atom. The predicted molar refractivity (Wildman–Crippen MR) is 118 cm³/mol. The molecule has 0 spiro atoms. The van der Waals surface area contributed by atoms with Crippen LogP contribution in [0.2, 0.25) is 0 Å². The van der Waals surface area contributed by atoms with Gasteiger partial charge in [0.2, 0.25) is 0 Å². The largest absolute Gasteiger partial charge is 0.490 e. The molecular formula is C24H26N2O5. The van der Waals surface area contributed by atoms with E-state index in [0.29, 0.717) is 36.9 Å². The maximum atomic E-state index is 12.5. The lowest BCUT2D eigenvalue weighted by Crippen LogP contribution is -2.47. The lowest BCUT2D eigenvalue weighted by atomic mass is 10.1. The van der Waals surface area contributed by atoms with Crippen molar-refractivity contribution in [1.82, 2.24) is 10.9 Å². The molecule has 0 bridgehead atoms. The molecule has 0 heterocycles. The Morgan fingerprint density at radius 1 is 0.903 bits per heavy atom. The van der Waals surface area contributed by atoms with E-state index in [1.54, 1.807) is 37.3 Å². The molecule has 7 heteroatoms. The van der Waals surface area contributed by atoms with Gasteiger partial charge in [-0.3, -0.25) is 20.4 Å². The van der Waals surface area contributed by atoms with Gasteiger partial charge >= 0.3 is 0 Å². The number of hydrazine groups is 1. The fourth-order valence-electron chi connectivity index (χ4n) is 2.92. The molecular weight excluding hydrogens is 396 g/mol. The second-order valence-corrected chi connectivity index (χ2v) is 6.75. The molecule has 0 saturated heterocycles. The number of hydrogen-bond acceptors (Lipinski definition) is 5. The van der Waals surface area contributed by atoms with Crippen LogP contribution in [0.5, 0.6) is 11.5 Å². The fraction of sp³-hybridized carbons (Fsp3) is 0.250. The van der Waals surface area contributed by atoms with Crippen LogP contribution < -0.4 is 20.3 Å². The van der Waals surface area contributed by atoms with Gasteiger partial charge in [-0.05, 0) is 48.9 Å². The van der Waals surface area contributed by atoms with Crippen LogP contribution in [-0.2, 0) is 9.53 Å². The van der Waals surface area contributed by atoms with Crippen molar-refractivity contribution in [2.75, 3.05) is 19.8 Å². The van der Waals surface area contributed by atoms with Crippen LogP contribution in [0.3, 0.4) is 0 Å². The first-order valence-corrected chi connectivity index (χ1v) is 10.1. The minimum atomic E-state index is -0.806. The lowest BCUT2D eigenvalue weighted by molar-refractivity contribution is -0.128. The highest BCUT2D eigenvalue weighted by Gasteiger charge is 2.17. The number of ether oxygens (including phenoxy) is 3. The first kappa shape index (κ1) is 22.1. The van der Waals surface area contributed by atoms with E-state index in [1.807, 2.05) is 43.3 Å². The van der Waals surface area contributed by atoms with Crippen LogP contribution in [0.15, 0.2) is 66.7 Å². The smallest absolute Gasteiger partial charge is 0.279 e. The fourth-order valence-corrected chi connectivity index (χ4v) is 2.92. The molecule has 0 aromatic heterocycles. The zero-order valence-electron chi connectivity index (χ0n) is 17.6. The molecule has 3 aromatic carbocycles. The highest BCUT2D eigenvalue weighted by molar-refractivity contribution is 5.98. The minimum absolute atomic E-state index is 0.308. The third kappa shape index (κ3) is 6.20. The number of amides is 2. The van der Waals surface area contributed by atoms with Crippen LogP contribution in [0.4, 0.5) is 0 Å². The molecule has 3 aromatic rings. The van der Waals surface area contributed by atoms with Crippen LogP contribution in [-0.4, -0.2) is 37.7 Å². The molecule has 2 N–H and O–H groups in total. The molecule has 2 amide bonds. The van der Waals surface area contributed by atoms with Gasteiger partial charge in [-0.2, -0.15) is 0 Å². The summed E-state index contributed by atoms with van der Waals surface area (Å²) in [4.78, 5) is 24.9. The van der Waals surface area contributed by atoms with Gasteiger partial charge in [-0.15, -0.1) is 0 Å². The number of para-hydroxylation sites is 1. The van der Waals surface area contributed by atoms with Crippen molar-refractivity contribution >= 4 is 22.6 Å². The van der Waals surface area contributed by atoms with E-state index in [1.165, 1.54) is 0 Å². The van der Waals surface area contributed by atoms with Gasteiger partial charge in [0.1, 0.15) is 18.1 Å². The highest BCUT2D eigenvalue weighted by atomic mass is 16.5. The van der Waals surface area contributed by atoms with E-state index in [4.69, 9.17) is 14.2 Å². The average Bonchev–Trinajstić information content (AvgIpc) is 2.80. The van der Waals surface area contributed by atoms with E-state index in [0.717, 1.165) is 10.8 Å². The first-order chi connectivity index (χ1) is 15.1. The van der Waals surface area contributed by atoms with E-state index in [9.17, 15) is 9.59 Å². The molecule has 0 aliphatic heterocycles. The monoisotopic (exact) mass is 422 g/mol. The van der Waals surface area contributed by atoms with Gasteiger partial charge < -0.3 is 14.2 Å².